The van der Waals surface area contributed by atoms with Gasteiger partial charge in [0.25, 0.3) is 5.91 Å². The highest BCUT2D eigenvalue weighted by molar-refractivity contribution is 7.51. The molecule has 15 heteroatoms. The minimum absolute atomic E-state index is 0.0583. The van der Waals surface area contributed by atoms with Crippen molar-refractivity contribution in [3.63, 3.8) is 0 Å². The number of imidazole rings is 1. The monoisotopic (exact) mass is 666 g/mol. The highest BCUT2D eigenvalue weighted by Gasteiger charge is 2.47. The first kappa shape index (κ1) is 30.7. The molecule has 3 aliphatic rings. The molecule has 6 heterocycles. The molecule has 12 nitrogen and oxygen atoms in total. The molecule has 3 amide bonds. The van der Waals surface area contributed by atoms with Gasteiger partial charge in [-0.05, 0) is 67.3 Å². The number of carbonyl (C=O) groups excluding carboxylic acids is 3. The van der Waals surface area contributed by atoms with Crippen molar-refractivity contribution in [2.24, 2.45) is 0 Å². The molecule has 0 radical (unpaired) electrons. The largest absolute Gasteiger partial charge is 0.363 e. The standard InChI is InChI=1S/C31H32FN6O6PS/c32-28(45(42,43)44)18-4-7-26-19(12-18)13-27(46-26)29(39)35-23-3-1-2-21-5-6-25(38(21)30(23)40)31(41)37-15-20(16-37)22-14-33-9-8-24(22)36-11-10-34-17-36/h4,7-14,17,20-21,23,25,28H,1-3,5-6,15-16H2,(H,35,39)(H2,42,43,44)/t21-,23-,25-,28-/m0/s1. The van der Waals surface area contributed by atoms with Crippen LogP contribution in [0.4, 0.5) is 4.39 Å². The van der Waals surface area contributed by atoms with E-state index in [0.29, 0.717) is 40.9 Å². The van der Waals surface area contributed by atoms with Crippen molar-refractivity contribution in [2.45, 2.75) is 62.1 Å². The zero-order chi connectivity index (χ0) is 32.2. The van der Waals surface area contributed by atoms with E-state index in [1.807, 2.05) is 23.0 Å². The molecule has 7 rings (SSSR count). The fraction of sp³-hybridized carbons (Fsp3) is 0.387. The molecule has 3 aromatic heterocycles. The Bertz CT molecular complexity index is 1860. The third-order valence-corrected chi connectivity index (χ3v) is 11.3. The summed E-state index contributed by atoms with van der Waals surface area (Å²) in [6, 6.07) is 6.15. The molecule has 4 aromatic rings. The zero-order valence-electron chi connectivity index (χ0n) is 24.6. The normalized spacial score (nSPS) is 22.8. The summed E-state index contributed by atoms with van der Waals surface area (Å²) in [6.45, 7) is 1.06. The van der Waals surface area contributed by atoms with Gasteiger partial charge in [-0.25, -0.2) is 9.37 Å². The summed E-state index contributed by atoms with van der Waals surface area (Å²) in [6.07, 6.45) is 12.1. The molecule has 0 saturated carbocycles. The van der Waals surface area contributed by atoms with Crippen LogP contribution in [0.15, 0.2) is 61.4 Å². The summed E-state index contributed by atoms with van der Waals surface area (Å²) in [4.78, 5) is 71.6. The van der Waals surface area contributed by atoms with Gasteiger partial charge in [0.1, 0.15) is 12.1 Å². The van der Waals surface area contributed by atoms with Gasteiger partial charge < -0.3 is 29.5 Å². The minimum atomic E-state index is -4.98. The van der Waals surface area contributed by atoms with Crippen LogP contribution in [0.1, 0.15) is 64.7 Å². The number of aromatic nitrogens is 3. The Balaban J connectivity index is 1.03. The third kappa shape index (κ3) is 5.63. The molecule has 0 unspecified atom stereocenters. The molecule has 0 aliphatic carbocycles. The van der Waals surface area contributed by atoms with Crippen LogP contribution in [0.5, 0.6) is 0 Å². The third-order valence-electron chi connectivity index (χ3n) is 9.25. The SMILES string of the molecule is O=C(N[C@H]1CCC[C@H]2CC[C@@H](C(=O)N3CC(c4cnccc4-n4ccnc4)C3)N2C1=O)c1cc2cc([C@@H](F)P(=O)(O)O)ccc2s1. The number of nitrogens with zero attached hydrogens (tertiary/aromatic N) is 5. The Kier molecular flexibility index (Phi) is 8.00. The molecule has 240 valence electrons. The first-order valence-corrected chi connectivity index (χ1v) is 17.6. The number of thiophene rings is 1. The maximum Gasteiger partial charge on any atom is 0.363 e. The Morgan fingerprint density at radius 1 is 1.07 bits per heavy atom. The van der Waals surface area contributed by atoms with Gasteiger partial charge in [0.05, 0.1) is 16.9 Å². The van der Waals surface area contributed by atoms with Crippen molar-refractivity contribution in [3.05, 3.63) is 77.5 Å². The first-order chi connectivity index (χ1) is 22.1. The van der Waals surface area contributed by atoms with Gasteiger partial charge in [0.15, 0.2) is 0 Å². The number of alkyl halides is 1. The number of nitrogens with one attached hydrogen (secondary N) is 1. The molecule has 4 atom stereocenters. The number of benzene rings is 1. The highest BCUT2D eigenvalue weighted by atomic mass is 32.1. The van der Waals surface area contributed by atoms with Gasteiger partial charge in [0, 0.05) is 60.1 Å². The molecule has 3 saturated heterocycles. The number of amides is 3. The molecule has 3 N–H and O–H groups in total. The maximum atomic E-state index is 14.2. The van der Waals surface area contributed by atoms with Crippen LogP contribution >= 0.6 is 18.9 Å². The van der Waals surface area contributed by atoms with E-state index < -0.39 is 31.5 Å². The molecule has 3 aliphatic heterocycles. The predicted octanol–water partition coefficient (Wildman–Crippen LogP) is 3.90. The predicted molar refractivity (Wildman–Crippen MR) is 167 cm³/mol. The smallest absolute Gasteiger partial charge is 0.340 e. The number of pyridine rings is 1. The van der Waals surface area contributed by atoms with E-state index in [9.17, 15) is 33.1 Å². The molecular weight excluding hydrogens is 634 g/mol. The van der Waals surface area contributed by atoms with E-state index in [4.69, 9.17) is 0 Å². The number of hydrogen-bond acceptors (Lipinski definition) is 7. The molecule has 0 bridgehead atoms. The summed E-state index contributed by atoms with van der Waals surface area (Å²) in [7, 11) is -4.98. The van der Waals surface area contributed by atoms with Crippen molar-refractivity contribution in [3.8, 4) is 5.69 Å². The van der Waals surface area contributed by atoms with E-state index in [1.165, 1.54) is 24.3 Å². The number of carbonyl (C=O) groups is 3. The van der Waals surface area contributed by atoms with E-state index >= 15 is 0 Å². The minimum Gasteiger partial charge on any atom is -0.340 e. The lowest BCUT2D eigenvalue weighted by atomic mass is 9.90. The van der Waals surface area contributed by atoms with Crippen LogP contribution < -0.4 is 5.32 Å². The van der Waals surface area contributed by atoms with E-state index in [1.54, 1.807) is 28.5 Å². The molecule has 1 aromatic carbocycles. The highest BCUT2D eigenvalue weighted by Crippen LogP contribution is 2.53. The second-order valence-electron chi connectivity index (χ2n) is 12.1. The van der Waals surface area contributed by atoms with Crippen LogP contribution in [-0.2, 0) is 14.2 Å². The summed E-state index contributed by atoms with van der Waals surface area (Å²) < 4.78 is 28.2. The van der Waals surface area contributed by atoms with Gasteiger partial charge in [-0.3, -0.25) is 23.9 Å². The van der Waals surface area contributed by atoms with Gasteiger partial charge in [0.2, 0.25) is 17.7 Å². The second kappa shape index (κ2) is 12.0. The van der Waals surface area contributed by atoms with Crippen molar-refractivity contribution >= 4 is 46.7 Å². The number of fused-ring (bicyclic) bond motifs is 2. The van der Waals surface area contributed by atoms with Crippen molar-refractivity contribution in [2.75, 3.05) is 13.1 Å². The van der Waals surface area contributed by atoms with Crippen LogP contribution in [0.3, 0.4) is 0 Å². The quantitative estimate of drug-likeness (QED) is 0.251. The topological polar surface area (TPSA) is 158 Å². The van der Waals surface area contributed by atoms with Gasteiger partial charge >= 0.3 is 7.60 Å². The molecule has 46 heavy (non-hydrogen) atoms. The summed E-state index contributed by atoms with van der Waals surface area (Å²) >= 11 is 1.14. The van der Waals surface area contributed by atoms with Gasteiger partial charge in [-0.1, -0.05) is 6.07 Å². The van der Waals surface area contributed by atoms with Crippen LogP contribution in [0.2, 0.25) is 0 Å². The van der Waals surface area contributed by atoms with Gasteiger partial charge in [-0.15, -0.1) is 11.3 Å². The Morgan fingerprint density at radius 2 is 1.89 bits per heavy atom. The van der Waals surface area contributed by atoms with E-state index in [-0.39, 0.29) is 29.3 Å². The number of halogens is 1. The maximum absolute atomic E-state index is 14.2. The van der Waals surface area contributed by atoms with Crippen LogP contribution in [-0.4, -0.2) is 83.1 Å². The van der Waals surface area contributed by atoms with Crippen LogP contribution in [0, 0.1) is 0 Å². The van der Waals surface area contributed by atoms with Crippen molar-refractivity contribution < 1.29 is 33.1 Å². The van der Waals surface area contributed by atoms with E-state index in [0.717, 1.165) is 41.9 Å². The van der Waals surface area contributed by atoms with Gasteiger partial charge in [-0.2, -0.15) is 0 Å². The van der Waals surface area contributed by atoms with Crippen molar-refractivity contribution in [1.29, 1.82) is 0 Å². The van der Waals surface area contributed by atoms with Crippen molar-refractivity contribution in [1.82, 2.24) is 29.7 Å². The lowest BCUT2D eigenvalue weighted by molar-refractivity contribution is -0.148. The molecule has 3 fully saturated rings. The summed E-state index contributed by atoms with van der Waals surface area (Å²) in [5.41, 5.74) is 1.83. The number of hydrogen-bond donors (Lipinski definition) is 3. The molecule has 0 spiro atoms. The lowest BCUT2D eigenvalue weighted by Gasteiger charge is -2.43. The van der Waals surface area contributed by atoms with E-state index in [2.05, 4.69) is 15.3 Å². The number of rotatable bonds is 7. The lowest BCUT2D eigenvalue weighted by Crippen LogP contribution is -2.58. The van der Waals surface area contributed by atoms with Crippen LogP contribution in [0.25, 0.3) is 15.8 Å². The number of likely N-dealkylation sites (tertiary alicyclic amines) is 1. The first-order valence-electron chi connectivity index (χ1n) is 15.2. The Morgan fingerprint density at radius 3 is 2.65 bits per heavy atom. The average Bonchev–Trinajstić information content (AvgIpc) is 3.77. The second-order valence-corrected chi connectivity index (χ2v) is 14.8. The molecular formula is C31H32FN6O6PS. The fourth-order valence-corrected chi connectivity index (χ4v) is 8.39. The average molecular weight is 667 g/mol. The Labute approximate surface area is 267 Å². The zero-order valence-corrected chi connectivity index (χ0v) is 26.3. The fourth-order valence-electron chi connectivity index (χ4n) is 6.90. The summed E-state index contributed by atoms with van der Waals surface area (Å²) in [5.74, 6) is -3.15. The Hall–Kier alpha value is -3.97. The summed E-state index contributed by atoms with van der Waals surface area (Å²) in [5, 5.41) is 3.34.